The Labute approximate surface area is 175 Å². The van der Waals surface area contributed by atoms with Crippen LogP contribution in [-0.2, 0) is 6.42 Å². The molecule has 4 aromatic rings. The van der Waals surface area contributed by atoms with Gasteiger partial charge in [-0.05, 0) is 42.3 Å². The van der Waals surface area contributed by atoms with E-state index in [1.54, 1.807) is 18.2 Å². The number of hydrogen-bond donors (Lipinski definition) is 1. The van der Waals surface area contributed by atoms with Crippen LogP contribution in [0.2, 0.25) is 5.02 Å². The third-order valence-corrected chi connectivity index (χ3v) is 5.44. The summed E-state index contributed by atoms with van der Waals surface area (Å²) in [4.78, 5) is 31.0. The molecule has 5 rings (SSSR count). The van der Waals surface area contributed by atoms with Crippen LogP contribution in [-0.4, -0.2) is 15.5 Å². The molecule has 1 aliphatic heterocycles. The van der Waals surface area contributed by atoms with Crippen LogP contribution in [0.4, 0.5) is 4.39 Å². The van der Waals surface area contributed by atoms with E-state index in [0.717, 1.165) is 5.56 Å². The smallest absolute Gasteiger partial charge is 0.266 e. The molecule has 5 nitrogen and oxygen atoms in total. The lowest BCUT2D eigenvalue weighted by Crippen LogP contribution is -2.31. The average molecular weight is 420 g/mol. The number of halogens is 2. The van der Waals surface area contributed by atoms with Gasteiger partial charge in [-0.3, -0.25) is 14.2 Å². The Bertz CT molecular complexity index is 1370. The molecule has 7 heteroatoms. The molecule has 0 aliphatic carbocycles. The second-order valence-corrected chi connectivity index (χ2v) is 7.59. The summed E-state index contributed by atoms with van der Waals surface area (Å²) >= 11 is 6.18. The van der Waals surface area contributed by atoms with Gasteiger partial charge in [-0.2, -0.15) is 0 Å². The molecule has 0 saturated carbocycles. The van der Waals surface area contributed by atoms with Crippen LogP contribution >= 0.6 is 11.6 Å². The predicted molar refractivity (Wildman–Crippen MR) is 113 cm³/mol. The standard InChI is InChI=1S/C23H15ClFN3O2/c24-14-6-8-17-20(11-14)28-21(26-18-12-15(25)7-9-16(18)23(28)30)19(27-22(17)29)10-13-4-2-1-3-5-13/h1-9,11-12,19H,10H2,(H,27,29). The van der Waals surface area contributed by atoms with E-state index in [2.05, 4.69) is 10.3 Å². The van der Waals surface area contributed by atoms with E-state index in [4.69, 9.17) is 11.6 Å². The average Bonchev–Trinajstić information content (AvgIpc) is 2.83. The second kappa shape index (κ2) is 7.07. The van der Waals surface area contributed by atoms with Crippen molar-refractivity contribution >= 4 is 28.4 Å². The first-order valence-electron chi connectivity index (χ1n) is 9.38. The van der Waals surface area contributed by atoms with E-state index < -0.39 is 11.9 Å². The zero-order valence-electron chi connectivity index (χ0n) is 15.6. The maximum atomic E-state index is 13.8. The van der Waals surface area contributed by atoms with Crippen LogP contribution in [0.1, 0.15) is 27.8 Å². The largest absolute Gasteiger partial charge is 0.342 e. The van der Waals surface area contributed by atoms with E-state index in [1.807, 2.05) is 30.3 Å². The summed E-state index contributed by atoms with van der Waals surface area (Å²) in [6, 6.07) is 17.6. The molecule has 0 bridgehead atoms. The molecule has 1 aliphatic rings. The Morgan fingerprint density at radius 3 is 2.63 bits per heavy atom. The van der Waals surface area contributed by atoms with Crippen molar-refractivity contribution in [1.29, 1.82) is 0 Å². The van der Waals surface area contributed by atoms with Crippen molar-refractivity contribution in [2.75, 3.05) is 0 Å². The van der Waals surface area contributed by atoms with Gasteiger partial charge in [-0.25, -0.2) is 9.37 Å². The molecule has 1 amide bonds. The van der Waals surface area contributed by atoms with Crippen molar-refractivity contribution in [3.63, 3.8) is 0 Å². The summed E-state index contributed by atoms with van der Waals surface area (Å²) in [5.74, 6) is -0.487. The number of nitrogens with one attached hydrogen (secondary N) is 1. The first-order valence-corrected chi connectivity index (χ1v) is 9.76. The van der Waals surface area contributed by atoms with Crippen LogP contribution in [0.25, 0.3) is 16.6 Å². The van der Waals surface area contributed by atoms with Crippen LogP contribution in [0.15, 0.2) is 71.5 Å². The fourth-order valence-corrected chi connectivity index (χ4v) is 3.98. The lowest BCUT2D eigenvalue weighted by atomic mass is 10.0. The van der Waals surface area contributed by atoms with E-state index in [1.165, 1.54) is 22.8 Å². The number of fused-ring (bicyclic) bond motifs is 4. The minimum Gasteiger partial charge on any atom is -0.342 e. The van der Waals surface area contributed by atoms with E-state index >= 15 is 0 Å². The fourth-order valence-electron chi connectivity index (χ4n) is 3.82. The molecule has 148 valence electrons. The molecular formula is C23H15ClFN3O2. The Morgan fingerprint density at radius 2 is 1.83 bits per heavy atom. The van der Waals surface area contributed by atoms with E-state index in [-0.39, 0.29) is 22.4 Å². The van der Waals surface area contributed by atoms with Crippen LogP contribution in [0.5, 0.6) is 0 Å². The molecule has 2 heterocycles. The second-order valence-electron chi connectivity index (χ2n) is 7.15. The van der Waals surface area contributed by atoms with E-state index in [9.17, 15) is 14.0 Å². The lowest BCUT2D eigenvalue weighted by Gasteiger charge is -2.19. The normalized spacial score (nSPS) is 15.3. The fraction of sp³-hybridized carbons (Fsp3) is 0.0870. The number of carbonyl (C=O) groups excluding carboxylic acids is 1. The predicted octanol–water partition coefficient (Wildman–Crippen LogP) is 4.21. The summed E-state index contributed by atoms with van der Waals surface area (Å²) in [5, 5.41) is 3.62. The van der Waals surface area contributed by atoms with Gasteiger partial charge in [-0.15, -0.1) is 0 Å². The van der Waals surface area contributed by atoms with Gasteiger partial charge in [0.1, 0.15) is 11.6 Å². The molecule has 1 unspecified atom stereocenters. The number of amides is 1. The first-order chi connectivity index (χ1) is 14.5. The maximum absolute atomic E-state index is 13.8. The van der Waals surface area contributed by atoms with Gasteiger partial charge in [0.15, 0.2) is 0 Å². The minimum absolute atomic E-state index is 0.240. The highest BCUT2D eigenvalue weighted by Crippen LogP contribution is 2.29. The number of hydrogen-bond acceptors (Lipinski definition) is 3. The quantitative estimate of drug-likeness (QED) is 0.529. The molecule has 0 radical (unpaired) electrons. The minimum atomic E-state index is -0.591. The molecular weight excluding hydrogens is 405 g/mol. The zero-order chi connectivity index (χ0) is 20.8. The van der Waals surface area contributed by atoms with Crippen molar-refractivity contribution in [2.45, 2.75) is 12.5 Å². The molecule has 1 atom stereocenters. The summed E-state index contributed by atoms with van der Waals surface area (Å²) in [7, 11) is 0. The van der Waals surface area contributed by atoms with Crippen molar-refractivity contribution in [1.82, 2.24) is 14.9 Å². The highest BCUT2D eigenvalue weighted by molar-refractivity contribution is 6.31. The number of carbonyl (C=O) groups is 1. The highest BCUT2D eigenvalue weighted by atomic mass is 35.5. The molecule has 30 heavy (non-hydrogen) atoms. The number of nitrogens with zero attached hydrogens (tertiary/aromatic N) is 2. The molecule has 1 N–H and O–H groups in total. The van der Waals surface area contributed by atoms with Crippen LogP contribution in [0.3, 0.4) is 0 Å². The Morgan fingerprint density at radius 1 is 1.03 bits per heavy atom. The SMILES string of the molecule is O=C1NC(Cc2ccccc2)c2nc3cc(F)ccc3c(=O)n2-c2cc(Cl)ccc21. The van der Waals surface area contributed by atoms with Crippen molar-refractivity contribution in [3.8, 4) is 5.69 Å². The number of benzene rings is 3. The molecule has 3 aromatic carbocycles. The summed E-state index contributed by atoms with van der Waals surface area (Å²) in [6.45, 7) is 0. The topological polar surface area (TPSA) is 64.0 Å². The van der Waals surface area contributed by atoms with Gasteiger partial charge in [-0.1, -0.05) is 41.9 Å². The third kappa shape index (κ3) is 3.06. The molecule has 0 spiro atoms. The Kier molecular flexibility index (Phi) is 4.37. The van der Waals surface area contributed by atoms with Gasteiger partial charge < -0.3 is 5.32 Å². The van der Waals surface area contributed by atoms with Crippen molar-refractivity contribution in [2.24, 2.45) is 0 Å². The summed E-state index contributed by atoms with van der Waals surface area (Å²) < 4.78 is 15.3. The lowest BCUT2D eigenvalue weighted by molar-refractivity contribution is 0.0938. The van der Waals surface area contributed by atoms with Gasteiger partial charge in [0.05, 0.1) is 28.2 Å². The monoisotopic (exact) mass is 419 g/mol. The first kappa shape index (κ1) is 18.5. The van der Waals surface area contributed by atoms with Crippen molar-refractivity contribution < 1.29 is 9.18 Å². The number of rotatable bonds is 2. The molecule has 0 fully saturated rings. The molecule has 1 aromatic heterocycles. The Balaban J connectivity index is 1.83. The van der Waals surface area contributed by atoms with Crippen molar-refractivity contribution in [3.05, 3.63) is 105 Å². The summed E-state index contributed by atoms with van der Waals surface area (Å²) in [5.41, 5.74) is 1.50. The van der Waals surface area contributed by atoms with Gasteiger partial charge in [0, 0.05) is 11.1 Å². The maximum Gasteiger partial charge on any atom is 0.266 e. The van der Waals surface area contributed by atoms with Crippen LogP contribution < -0.4 is 10.9 Å². The van der Waals surface area contributed by atoms with Crippen LogP contribution in [0, 0.1) is 5.82 Å². The van der Waals surface area contributed by atoms with E-state index in [0.29, 0.717) is 28.5 Å². The Hall–Kier alpha value is -3.51. The summed E-state index contributed by atoms with van der Waals surface area (Å²) in [6.07, 6.45) is 0.418. The molecule has 0 saturated heterocycles. The van der Waals surface area contributed by atoms with Gasteiger partial charge in [0.2, 0.25) is 0 Å². The van der Waals surface area contributed by atoms with Gasteiger partial charge in [0.25, 0.3) is 11.5 Å². The third-order valence-electron chi connectivity index (χ3n) is 5.20. The van der Waals surface area contributed by atoms with Gasteiger partial charge >= 0.3 is 0 Å². The highest BCUT2D eigenvalue weighted by Gasteiger charge is 2.30. The zero-order valence-corrected chi connectivity index (χ0v) is 16.4. The number of aromatic nitrogens is 2.